The number of amides is 1. The molecule has 0 radical (unpaired) electrons. The van der Waals surface area contributed by atoms with Crippen LogP contribution in [0.1, 0.15) is 32.1 Å². The Morgan fingerprint density at radius 2 is 1.88 bits per heavy atom. The van der Waals surface area contributed by atoms with Gasteiger partial charge in [0, 0.05) is 12.1 Å². The number of anilines is 1. The van der Waals surface area contributed by atoms with Crippen LogP contribution in [0.5, 0.6) is 0 Å². The normalized spacial score (nSPS) is 14.4. The fraction of sp³-hybridized carbons (Fsp3) is 0.353. The van der Waals surface area contributed by atoms with E-state index in [1.165, 1.54) is 24.9 Å². The maximum absolute atomic E-state index is 11.9. The summed E-state index contributed by atoms with van der Waals surface area (Å²) in [7, 11) is 0. The van der Waals surface area contributed by atoms with Crippen molar-refractivity contribution in [2.75, 3.05) is 5.32 Å². The minimum atomic E-state index is -1.05. The van der Waals surface area contributed by atoms with Crippen molar-refractivity contribution >= 4 is 34.8 Å². The Labute approximate surface area is 154 Å². The summed E-state index contributed by atoms with van der Waals surface area (Å²) >= 11 is 11.5. The molecule has 1 aliphatic rings. The summed E-state index contributed by atoms with van der Waals surface area (Å²) in [5, 5.41) is 3.44. The number of halogens is 4. The Kier molecular flexibility index (Phi) is 7.52. The highest BCUT2D eigenvalue weighted by Crippen LogP contribution is 2.26. The van der Waals surface area contributed by atoms with Crippen LogP contribution in [0.25, 0.3) is 0 Å². The molecule has 2 aromatic heterocycles. The summed E-state index contributed by atoms with van der Waals surface area (Å²) in [4.78, 5) is 18.9. The molecule has 1 N–H and O–H groups in total. The van der Waals surface area contributed by atoms with E-state index in [2.05, 4.69) is 15.3 Å². The molecule has 0 saturated heterocycles. The lowest BCUT2D eigenvalue weighted by atomic mass is 9.88. The van der Waals surface area contributed by atoms with Crippen molar-refractivity contribution in [2.24, 2.45) is 5.92 Å². The number of aromatic nitrogens is 2. The fourth-order valence-corrected chi connectivity index (χ4v) is 2.73. The van der Waals surface area contributed by atoms with E-state index in [0.717, 1.165) is 31.7 Å². The third-order valence-corrected chi connectivity index (χ3v) is 4.44. The predicted molar refractivity (Wildman–Crippen MR) is 93.6 cm³/mol. The summed E-state index contributed by atoms with van der Waals surface area (Å²) < 4.78 is 23.7. The predicted octanol–water partition coefficient (Wildman–Crippen LogP) is 5.27. The number of hydrogen-bond donors (Lipinski definition) is 1. The van der Waals surface area contributed by atoms with Crippen LogP contribution in [-0.4, -0.2) is 15.9 Å². The quantitative estimate of drug-likeness (QED) is 0.714. The molecule has 0 bridgehead atoms. The number of carbonyl (C=O) groups excluding carboxylic acids is 1. The van der Waals surface area contributed by atoms with Crippen LogP contribution >= 0.6 is 23.2 Å². The molecule has 134 valence electrons. The SMILES string of the molecule is Fc1cccnc1F.O=C(Nc1cnc(Cl)c(Cl)c1)C1CCCCC1. The van der Waals surface area contributed by atoms with Gasteiger partial charge in [-0.15, -0.1) is 0 Å². The Hall–Kier alpha value is -1.79. The number of carbonyl (C=O) groups is 1. The Morgan fingerprint density at radius 3 is 2.44 bits per heavy atom. The number of nitrogens with one attached hydrogen (secondary N) is 1. The molecule has 8 heteroatoms. The molecule has 1 saturated carbocycles. The van der Waals surface area contributed by atoms with Crippen molar-refractivity contribution in [1.29, 1.82) is 0 Å². The molecule has 0 aliphatic heterocycles. The third kappa shape index (κ3) is 6.21. The van der Waals surface area contributed by atoms with Gasteiger partial charge in [-0.3, -0.25) is 4.79 Å². The van der Waals surface area contributed by atoms with Gasteiger partial charge in [-0.2, -0.15) is 4.39 Å². The molecular weight excluding hydrogens is 371 g/mol. The van der Waals surface area contributed by atoms with E-state index in [0.29, 0.717) is 10.7 Å². The first-order valence-corrected chi connectivity index (χ1v) is 8.61. The van der Waals surface area contributed by atoms with E-state index in [1.807, 2.05) is 0 Å². The van der Waals surface area contributed by atoms with Gasteiger partial charge < -0.3 is 5.32 Å². The van der Waals surface area contributed by atoms with Gasteiger partial charge in [-0.25, -0.2) is 14.4 Å². The summed E-state index contributed by atoms with van der Waals surface area (Å²) in [6.45, 7) is 0. The van der Waals surface area contributed by atoms with Gasteiger partial charge in [-0.05, 0) is 31.0 Å². The van der Waals surface area contributed by atoms with Crippen LogP contribution in [-0.2, 0) is 4.79 Å². The first-order chi connectivity index (χ1) is 12.0. The van der Waals surface area contributed by atoms with Crippen molar-refractivity contribution < 1.29 is 13.6 Å². The van der Waals surface area contributed by atoms with Crippen LogP contribution in [0.15, 0.2) is 30.6 Å². The summed E-state index contributed by atoms with van der Waals surface area (Å²) in [6.07, 6.45) is 8.17. The molecular formula is C17H17Cl2F2N3O. The zero-order valence-corrected chi connectivity index (χ0v) is 14.8. The minimum absolute atomic E-state index is 0.0601. The first-order valence-electron chi connectivity index (χ1n) is 7.85. The number of nitrogens with zero attached hydrogens (tertiary/aromatic N) is 2. The number of hydrogen-bond acceptors (Lipinski definition) is 3. The molecule has 1 aliphatic carbocycles. The van der Waals surface area contributed by atoms with Crippen LogP contribution in [0.4, 0.5) is 14.5 Å². The highest BCUT2D eigenvalue weighted by molar-refractivity contribution is 6.41. The highest BCUT2D eigenvalue weighted by atomic mass is 35.5. The van der Waals surface area contributed by atoms with Crippen molar-refractivity contribution in [3.05, 3.63) is 52.5 Å². The molecule has 0 unspecified atom stereocenters. The van der Waals surface area contributed by atoms with Gasteiger partial charge in [0.05, 0.1) is 16.9 Å². The highest BCUT2D eigenvalue weighted by Gasteiger charge is 2.21. The lowest BCUT2D eigenvalue weighted by Crippen LogP contribution is -2.24. The maximum atomic E-state index is 11.9. The smallest absolute Gasteiger partial charge is 0.248 e. The summed E-state index contributed by atoms with van der Waals surface area (Å²) in [5.74, 6) is -1.77. The van der Waals surface area contributed by atoms with E-state index in [1.54, 1.807) is 6.07 Å². The van der Waals surface area contributed by atoms with Crippen molar-refractivity contribution in [3.8, 4) is 0 Å². The van der Waals surface area contributed by atoms with E-state index in [-0.39, 0.29) is 17.0 Å². The van der Waals surface area contributed by atoms with E-state index < -0.39 is 11.8 Å². The van der Waals surface area contributed by atoms with Crippen molar-refractivity contribution in [3.63, 3.8) is 0 Å². The van der Waals surface area contributed by atoms with Gasteiger partial charge >= 0.3 is 0 Å². The van der Waals surface area contributed by atoms with Gasteiger partial charge in [0.15, 0.2) is 5.82 Å². The zero-order valence-electron chi connectivity index (χ0n) is 13.3. The fourth-order valence-electron chi connectivity index (χ4n) is 2.47. The van der Waals surface area contributed by atoms with Crippen LogP contribution < -0.4 is 5.32 Å². The van der Waals surface area contributed by atoms with Gasteiger partial charge in [-0.1, -0.05) is 42.5 Å². The Morgan fingerprint density at radius 1 is 1.16 bits per heavy atom. The first kappa shape index (κ1) is 19.5. The molecule has 1 amide bonds. The number of rotatable bonds is 2. The monoisotopic (exact) mass is 387 g/mol. The maximum Gasteiger partial charge on any atom is 0.248 e. The van der Waals surface area contributed by atoms with Crippen molar-refractivity contribution in [2.45, 2.75) is 32.1 Å². The summed E-state index contributed by atoms with van der Waals surface area (Å²) in [5.41, 5.74) is 0.606. The second-order valence-electron chi connectivity index (χ2n) is 5.60. The lowest BCUT2D eigenvalue weighted by molar-refractivity contribution is -0.120. The van der Waals surface area contributed by atoms with E-state index >= 15 is 0 Å². The minimum Gasteiger partial charge on any atom is -0.324 e. The van der Waals surface area contributed by atoms with Gasteiger partial charge in [0.25, 0.3) is 0 Å². The van der Waals surface area contributed by atoms with Crippen LogP contribution in [0.2, 0.25) is 10.2 Å². The molecule has 2 heterocycles. The molecule has 25 heavy (non-hydrogen) atoms. The molecule has 2 aromatic rings. The summed E-state index contributed by atoms with van der Waals surface area (Å²) in [6, 6.07) is 3.97. The van der Waals surface area contributed by atoms with Crippen molar-refractivity contribution in [1.82, 2.24) is 9.97 Å². The van der Waals surface area contributed by atoms with E-state index in [9.17, 15) is 13.6 Å². The molecule has 1 fully saturated rings. The molecule has 0 aromatic carbocycles. The Bertz CT molecular complexity index is 704. The molecule has 3 rings (SSSR count). The average molecular weight is 388 g/mol. The van der Waals surface area contributed by atoms with Crippen LogP contribution in [0.3, 0.4) is 0 Å². The third-order valence-electron chi connectivity index (χ3n) is 3.75. The standard InChI is InChI=1S/C12H14Cl2N2O.C5H3F2N/c13-10-6-9(7-15-11(10)14)16-12(17)8-4-2-1-3-5-8;6-4-2-1-3-8-5(4)7/h6-8H,1-5H2,(H,16,17);1-3H. The zero-order chi connectivity index (χ0) is 18.2. The largest absolute Gasteiger partial charge is 0.324 e. The molecule has 0 spiro atoms. The molecule has 0 atom stereocenters. The number of pyridine rings is 2. The second-order valence-corrected chi connectivity index (χ2v) is 6.36. The van der Waals surface area contributed by atoms with Gasteiger partial charge in [0.1, 0.15) is 5.15 Å². The second kappa shape index (κ2) is 9.63. The topological polar surface area (TPSA) is 54.9 Å². The van der Waals surface area contributed by atoms with E-state index in [4.69, 9.17) is 23.2 Å². The average Bonchev–Trinajstić information content (AvgIpc) is 2.62. The van der Waals surface area contributed by atoms with Crippen LogP contribution in [0, 0.1) is 17.7 Å². The van der Waals surface area contributed by atoms with Gasteiger partial charge in [0.2, 0.25) is 11.9 Å². The molecule has 4 nitrogen and oxygen atoms in total. The Balaban J connectivity index is 0.000000236. The lowest BCUT2D eigenvalue weighted by Gasteiger charge is -2.20.